The lowest BCUT2D eigenvalue weighted by Gasteiger charge is -2.03. The predicted octanol–water partition coefficient (Wildman–Crippen LogP) is 1.33. The molecule has 1 aromatic heterocycles. The highest BCUT2D eigenvalue weighted by Gasteiger charge is 2.09. The van der Waals surface area contributed by atoms with E-state index < -0.39 is 5.82 Å². The summed E-state index contributed by atoms with van der Waals surface area (Å²) in [5.74, 6) is -0.586. The van der Waals surface area contributed by atoms with Crippen molar-refractivity contribution in [3.05, 3.63) is 30.2 Å². The number of hydrogen-bond donors (Lipinski definition) is 1. The van der Waals surface area contributed by atoms with Crippen LogP contribution in [-0.2, 0) is 7.05 Å². The minimum absolute atomic E-state index is 0.115. The van der Waals surface area contributed by atoms with Crippen LogP contribution in [0.1, 0.15) is 0 Å². The second-order valence-electron chi connectivity index (χ2n) is 2.90. The zero-order valence-electron chi connectivity index (χ0n) is 7.48. The number of rotatable bonds is 1. The number of phenols is 1. The van der Waals surface area contributed by atoms with Crippen LogP contribution in [0.4, 0.5) is 4.39 Å². The zero-order chi connectivity index (χ0) is 10.1. The highest BCUT2D eigenvalue weighted by molar-refractivity contribution is 5.65. The Morgan fingerprint density at radius 3 is 2.79 bits per heavy atom. The summed E-state index contributed by atoms with van der Waals surface area (Å²) in [6, 6.07) is 3.83. The fourth-order valence-corrected chi connectivity index (χ4v) is 1.25. The standard InChI is InChI=1S/C9H8FN3O/c1-13-8(5-11-12-13)7-3-2-6(10)4-9(7)14/h2-5,14H,1H3. The van der Waals surface area contributed by atoms with Crippen LogP contribution in [0, 0.1) is 5.82 Å². The van der Waals surface area contributed by atoms with Gasteiger partial charge < -0.3 is 5.11 Å². The van der Waals surface area contributed by atoms with E-state index >= 15 is 0 Å². The molecule has 14 heavy (non-hydrogen) atoms. The molecule has 0 unspecified atom stereocenters. The van der Waals surface area contributed by atoms with Gasteiger partial charge in [0.05, 0.1) is 11.9 Å². The molecule has 5 heteroatoms. The molecule has 0 spiro atoms. The number of aromatic hydroxyl groups is 1. The van der Waals surface area contributed by atoms with E-state index in [-0.39, 0.29) is 5.75 Å². The van der Waals surface area contributed by atoms with E-state index in [4.69, 9.17) is 0 Å². The predicted molar refractivity (Wildman–Crippen MR) is 48.1 cm³/mol. The van der Waals surface area contributed by atoms with Gasteiger partial charge in [-0.2, -0.15) is 0 Å². The van der Waals surface area contributed by atoms with Crippen molar-refractivity contribution in [3.8, 4) is 17.0 Å². The van der Waals surface area contributed by atoms with Crippen molar-refractivity contribution < 1.29 is 9.50 Å². The molecule has 0 fully saturated rings. The van der Waals surface area contributed by atoms with E-state index in [2.05, 4.69) is 10.3 Å². The van der Waals surface area contributed by atoms with Crippen LogP contribution in [0.3, 0.4) is 0 Å². The molecule has 2 rings (SSSR count). The molecule has 0 aliphatic heterocycles. The first-order valence-corrected chi connectivity index (χ1v) is 4.02. The first-order valence-electron chi connectivity index (χ1n) is 4.02. The molecule has 4 nitrogen and oxygen atoms in total. The Bertz CT molecular complexity index is 467. The average molecular weight is 193 g/mol. The number of halogens is 1. The van der Waals surface area contributed by atoms with E-state index in [1.807, 2.05) is 0 Å². The Labute approximate surface area is 79.6 Å². The molecule has 0 atom stereocenters. The second kappa shape index (κ2) is 3.10. The van der Waals surface area contributed by atoms with Crippen LogP contribution in [0.25, 0.3) is 11.3 Å². The van der Waals surface area contributed by atoms with Crippen LogP contribution < -0.4 is 0 Å². The van der Waals surface area contributed by atoms with Gasteiger partial charge in [-0.25, -0.2) is 9.07 Å². The van der Waals surface area contributed by atoms with Gasteiger partial charge in [0.1, 0.15) is 11.6 Å². The molecular weight excluding hydrogens is 185 g/mol. The minimum atomic E-state index is -0.471. The number of aryl methyl sites for hydroxylation is 1. The molecule has 0 amide bonds. The summed E-state index contributed by atoms with van der Waals surface area (Å²) in [5, 5.41) is 16.9. The molecule has 0 bridgehead atoms. The molecule has 0 aliphatic carbocycles. The zero-order valence-corrected chi connectivity index (χ0v) is 7.48. The molecule has 0 radical (unpaired) electrons. The fourth-order valence-electron chi connectivity index (χ4n) is 1.25. The number of nitrogens with zero attached hydrogens (tertiary/aromatic N) is 3. The van der Waals surface area contributed by atoms with Gasteiger partial charge in [-0.1, -0.05) is 5.21 Å². The van der Waals surface area contributed by atoms with Gasteiger partial charge in [-0.15, -0.1) is 5.10 Å². The highest BCUT2D eigenvalue weighted by atomic mass is 19.1. The van der Waals surface area contributed by atoms with Crippen molar-refractivity contribution in [2.24, 2.45) is 7.05 Å². The van der Waals surface area contributed by atoms with Crippen LogP contribution in [0.2, 0.25) is 0 Å². The molecule has 1 aromatic carbocycles. The molecule has 1 heterocycles. The number of aromatic nitrogens is 3. The fraction of sp³-hybridized carbons (Fsp3) is 0.111. The van der Waals surface area contributed by atoms with Gasteiger partial charge in [-0.3, -0.25) is 0 Å². The Kier molecular flexibility index (Phi) is 1.92. The van der Waals surface area contributed by atoms with Crippen LogP contribution in [0.5, 0.6) is 5.75 Å². The normalized spacial score (nSPS) is 10.4. The smallest absolute Gasteiger partial charge is 0.127 e. The Balaban J connectivity index is 2.58. The number of phenolic OH excluding ortho intramolecular Hbond substituents is 1. The molecule has 0 aliphatic rings. The average Bonchev–Trinajstić information content (AvgIpc) is 2.52. The van der Waals surface area contributed by atoms with Crippen molar-refractivity contribution in [1.82, 2.24) is 15.0 Å². The van der Waals surface area contributed by atoms with Crippen molar-refractivity contribution >= 4 is 0 Å². The Morgan fingerprint density at radius 2 is 2.21 bits per heavy atom. The third-order valence-corrected chi connectivity index (χ3v) is 1.95. The van der Waals surface area contributed by atoms with Crippen LogP contribution >= 0.6 is 0 Å². The SMILES string of the molecule is Cn1nncc1-c1ccc(F)cc1O. The molecule has 1 N–H and O–H groups in total. The summed E-state index contributed by atoms with van der Waals surface area (Å²) in [6.45, 7) is 0. The monoisotopic (exact) mass is 193 g/mol. The summed E-state index contributed by atoms with van der Waals surface area (Å²) in [6.07, 6.45) is 1.51. The molecule has 0 saturated carbocycles. The summed E-state index contributed by atoms with van der Waals surface area (Å²) in [7, 11) is 1.70. The van der Waals surface area contributed by atoms with Crippen molar-refractivity contribution in [1.29, 1.82) is 0 Å². The van der Waals surface area contributed by atoms with Gasteiger partial charge in [0.25, 0.3) is 0 Å². The van der Waals surface area contributed by atoms with Crippen LogP contribution in [-0.4, -0.2) is 20.1 Å². The molecule has 0 saturated heterocycles. The van der Waals surface area contributed by atoms with E-state index in [0.717, 1.165) is 6.07 Å². The van der Waals surface area contributed by atoms with Gasteiger partial charge in [0.2, 0.25) is 0 Å². The third kappa shape index (κ3) is 1.32. The minimum Gasteiger partial charge on any atom is -0.507 e. The third-order valence-electron chi connectivity index (χ3n) is 1.95. The van der Waals surface area contributed by atoms with Crippen molar-refractivity contribution in [2.75, 3.05) is 0 Å². The largest absolute Gasteiger partial charge is 0.507 e. The van der Waals surface area contributed by atoms with Gasteiger partial charge in [0, 0.05) is 18.7 Å². The topological polar surface area (TPSA) is 50.9 Å². The van der Waals surface area contributed by atoms with E-state index in [0.29, 0.717) is 11.3 Å². The van der Waals surface area contributed by atoms with Crippen LogP contribution in [0.15, 0.2) is 24.4 Å². The Morgan fingerprint density at radius 1 is 1.43 bits per heavy atom. The lowest BCUT2D eigenvalue weighted by atomic mass is 10.1. The number of hydrogen-bond acceptors (Lipinski definition) is 3. The summed E-state index contributed by atoms with van der Waals surface area (Å²) in [4.78, 5) is 0. The molecular formula is C9H8FN3O. The van der Waals surface area contributed by atoms with Crippen molar-refractivity contribution in [3.63, 3.8) is 0 Å². The maximum Gasteiger partial charge on any atom is 0.127 e. The van der Waals surface area contributed by atoms with E-state index in [1.165, 1.54) is 23.0 Å². The van der Waals surface area contributed by atoms with E-state index in [1.54, 1.807) is 7.05 Å². The quantitative estimate of drug-likeness (QED) is 0.743. The lowest BCUT2D eigenvalue weighted by molar-refractivity contribution is 0.470. The maximum absolute atomic E-state index is 12.7. The first-order chi connectivity index (χ1) is 6.68. The summed E-state index contributed by atoms with van der Waals surface area (Å²) >= 11 is 0. The molecule has 72 valence electrons. The van der Waals surface area contributed by atoms with Gasteiger partial charge in [0.15, 0.2) is 0 Å². The van der Waals surface area contributed by atoms with Gasteiger partial charge in [-0.05, 0) is 12.1 Å². The summed E-state index contributed by atoms with van der Waals surface area (Å²) < 4.78 is 14.2. The second-order valence-corrected chi connectivity index (χ2v) is 2.90. The highest BCUT2D eigenvalue weighted by Crippen LogP contribution is 2.28. The summed E-state index contributed by atoms with van der Waals surface area (Å²) in [5.41, 5.74) is 1.15. The van der Waals surface area contributed by atoms with E-state index in [9.17, 15) is 9.50 Å². The van der Waals surface area contributed by atoms with Crippen molar-refractivity contribution in [2.45, 2.75) is 0 Å². The first kappa shape index (κ1) is 8.68. The Hall–Kier alpha value is -1.91. The lowest BCUT2D eigenvalue weighted by Crippen LogP contribution is -1.94. The number of benzene rings is 1. The maximum atomic E-state index is 12.7. The molecule has 2 aromatic rings. The van der Waals surface area contributed by atoms with Gasteiger partial charge >= 0.3 is 0 Å².